The van der Waals surface area contributed by atoms with Crippen LogP contribution in [0.2, 0.25) is 0 Å². The van der Waals surface area contributed by atoms with Gasteiger partial charge in [0.2, 0.25) is 5.88 Å². The number of aryl methyl sites for hydroxylation is 2. The number of methoxy groups -OCH3 is 2. The van der Waals surface area contributed by atoms with Crippen LogP contribution >= 0.6 is 24.0 Å². The molecule has 0 radical (unpaired) electrons. The van der Waals surface area contributed by atoms with Crippen LogP contribution in [0.25, 0.3) is 0 Å². The second kappa shape index (κ2) is 9.40. The Bertz CT molecular complexity index is 769. The number of nitrogens with two attached hydrogens (primary N) is 1. The van der Waals surface area contributed by atoms with Gasteiger partial charge < -0.3 is 20.5 Å². The molecule has 25 heavy (non-hydrogen) atoms. The number of pyridine rings is 1. The van der Waals surface area contributed by atoms with Gasteiger partial charge >= 0.3 is 0 Å². The van der Waals surface area contributed by atoms with E-state index in [1.54, 1.807) is 13.2 Å². The summed E-state index contributed by atoms with van der Waals surface area (Å²) in [6, 6.07) is 6.42. The maximum absolute atomic E-state index is 13.7. The predicted octanol–water partition coefficient (Wildman–Crippen LogP) is 3.40. The molecule has 136 valence electrons. The maximum Gasteiger partial charge on any atom is 0.218 e. The monoisotopic (exact) mass is 460 g/mol. The first kappa shape index (κ1) is 20.9. The molecule has 2 rings (SSSR count). The lowest BCUT2D eigenvalue weighted by atomic mass is 10.1. The van der Waals surface area contributed by atoms with E-state index in [4.69, 9.17) is 15.2 Å². The fourth-order valence-electron chi connectivity index (χ4n) is 2.29. The first-order chi connectivity index (χ1) is 11.4. The number of anilines is 1. The average Bonchev–Trinajstić information content (AvgIpc) is 2.53. The highest BCUT2D eigenvalue weighted by molar-refractivity contribution is 14.0. The number of ether oxygens (including phenoxy) is 2. The van der Waals surface area contributed by atoms with Crippen molar-refractivity contribution < 1.29 is 13.9 Å². The molecular weight excluding hydrogens is 438 g/mol. The molecule has 0 aliphatic rings. The molecule has 1 heterocycles. The number of hydrogen-bond acceptors (Lipinski definition) is 4. The van der Waals surface area contributed by atoms with Gasteiger partial charge in [0.15, 0.2) is 17.5 Å². The third-order valence-corrected chi connectivity index (χ3v) is 3.46. The molecule has 6 nitrogen and oxygen atoms in total. The summed E-state index contributed by atoms with van der Waals surface area (Å²) in [4.78, 5) is 8.60. The Balaban J connectivity index is 0.00000312. The van der Waals surface area contributed by atoms with Gasteiger partial charge in [-0.15, -0.1) is 24.0 Å². The number of nitrogens with zero attached hydrogens (tertiary/aromatic N) is 2. The number of aromatic nitrogens is 1. The van der Waals surface area contributed by atoms with Gasteiger partial charge in [-0.25, -0.2) is 14.4 Å². The van der Waals surface area contributed by atoms with Crippen molar-refractivity contribution in [1.82, 2.24) is 4.98 Å². The molecule has 8 heteroatoms. The number of guanidine groups is 1. The van der Waals surface area contributed by atoms with E-state index >= 15 is 0 Å². The van der Waals surface area contributed by atoms with Gasteiger partial charge in [-0.05, 0) is 37.6 Å². The summed E-state index contributed by atoms with van der Waals surface area (Å²) in [5.41, 5.74) is 9.10. The third kappa shape index (κ3) is 5.45. The highest BCUT2D eigenvalue weighted by Gasteiger charge is 2.09. The van der Waals surface area contributed by atoms with Crippen LogP contribution in [0.3, 0.4) is 0 Å². The molecule has 0 atom stereocenters. The van der Waals surface area contributed by atoms with Crippen molar-refractivity contribution in [2.75, 3.05) is 19.5 Å². The standard InChI is InChI=1S/C17H21FN4O2.HI/c1-10-7-11(2)21-16(24-4)13(10)9-20-17(19)22-12-5-6-15(23-3)14(18)8-12;/h5-8H,9H2,1-4H3,(H3,19,20,22);1H. The van der Waals surface area contributed by atoms with Crippen LogP contribution in [0.5, 0.6) is 11.6 Å². The van der Waals surface area contributed by atoms with Crippen molar-refractivity contribution in [3.63, 3.8) is 0 Å². The molecule has 2 aromatic rings. The highest BCUT2D eigenvalue weighted by Crippen LogP contribution is 2.22. The summed E-state index contributed by atoms with van der Waals surface area (Å²) in [6.45, 7) is 4.17. The summed E-state index contributed by atoms with van der Waals surface area (Å²) < 4.78 is 23.8. The molecule has 0 aliphatic carbocycles. The molecule has 0 aliphatic heterocycles. The Labute approximate surface area is 163 Å². The van der Waals surface area contributed by atoms with Gasteiger partial charge in [-0.3, -0.25) is 0 Å². The fraction of sp³-hybridized carbons (Fsp3) is 0.294. The number of halogens is 2. The SMILES string of the molecule is COc1ccc(NC(N)=NCc2c(C)cc(C)nc2OC)cc1F.I. The summed E-state index contributed by atoms with van der Waals surface area (Å²) in [6.07, 6.45) is 0. The van der Waals surface area contributed by atoms with E-state index in [-0.39, 0.29) is 35.7 Å². The number of aliphatic imine (C=N–C) groups is 1. The quantitative estimate of drug-likeness (QED) is 0.406. The lowest BCUT2D eigenvalue weighted by molar-refractivity contribution is 0.386. The minimum atomic E-state index is -0.476. The van der Waals surface area contributed by atoms with Gasteiger partial charge in [0.05, 0.1) is 20.8 Å². The summed E-state index contributed by atoms with van der Waals surface area (Å²) in [5.74, 6) is 0.388. The summed E-state index contributed by atoms with van der Waals surface area (Å²) >= 11 is 0. The third-order valence-electron chi connectivity index (χ3n) is 3.46. The van der Waals surface area contributed by atoms with Crippen LogP contribution in [-0.2, 0) is 6.54 Å². The first-order valence-corrected chi connectivity index (χ1v) is 7.36. The smallest absolute Gasteiger partial charge is 0.218 e. The second-order valence-electron chi connectivity index (χ2n) is 5.24. The normalized spacial score (nSPS) is 10.8. The zero-order valence-corrected chi connectivity index (χ0v) is 16.9. The van der Waals surface area contributed by atoms with Gasteiger partial charge in [0, 0.05) is 23.0 Å². The molecule has 0 saturated carbocycles. The summed E-state index contributed by atoms with van der Waals surface area (Å²) in [7, 11) is 2.98. The number of rotatable bonds is 5. The van der Waals surface area contributed by atoms with Crippen molar-refractivity contribution in [3.8, 4) is 11.6 Å². The van der Waals surface area contributed by atoms with E-state index in [0.717, 1.165) is 16.8 Å². The lowest BCUT2D eigenvalue weighted by Gasteiger charge is -2.11. The molecule has 0 bridgehead atoms. The van der Waals surface area contributed by atoms with Gasteiger partial charge in [-0.2, -0.15) is 0 Å². The topological polar surface area (TPSA) is 81.8 Å². The summed E-state index contributed by atoms with van der Waals surface area (Å²) in [5, 5.41) is 2.84. The molecule has 0 unspecified atom stereocenters. The number of nitrogens with one attached hydrogen (secondary N) is 1. The Morgan fingerprint density at radius 3 is 2.56 bits per heavy atom. The van der Waals surface area contributed by atoms with Gasteiger partial charge in [0.1, 0.15) is 0 Å². The van der Waals surface area contributed by atoms with Crippen molar-refractivity contribution in [2.24, 2.45) is 10.7 Å². The molecule has 3 N–H and O–H groups in total. The van der Waals surface area contributed by atoms with E-state index in [2.05, 4.69) is 15.3 Å². The molecule has 0 fully saturated rings. The molecule has 0 spiro atoms. The Kier molecular flexibility index (Phi) is 7.88. The molecule has 1 aromatic carbocycles. The van der Waals surface area contributed by atoms with Crippen molar-refractivity contribution >= 4 is 35.6 Å². The molecule has 1 aromatic heterocycles. The Hall–Kier alpha value is -2.10. The first-order valence-electron chi connectivity index (χ1n) is 7.36. The van der Waals surface area contributed by atoms with Crippen LogP contribution in [0.15, 0.2) is 29.3 Å². The Morgan fingerprint density at radius 1 is 1.24 bits per heavy atom. The van der Waals surface area contributed by atoms with E-state index in [1.165, 1.54) is 19.2 Å². The van der Waals surface area contributed by atoms with Crippen LogP contribution in [0.4, 0.5) is 10.1 Å². The molecule has 0 amide bonds. The van der Waals surface area contributed by atoms with Crippen molar-refractivity contribution in [3.05, 3.63) is 46.9 Å². The lowest BCUT2D eigenvalue weighted by Crippen LogP contribution is -2.22. The second-order valence-corrected chi connectivity index (χ2v) is 5.24. The number of benzene rings is 1. The van der Waals surface area contributed by atoms with Crippen molar-refractivity contribution in [1.29, 1.82) is 0 Å². The average molecular weight is 460 g/mol. The van der Waals surface area contributed by atoms with Crippen molar-refractivity contribution in [2.45, 2.75) is 20.4 Å². The highest BCUT2D eigenvalue weighted by atomic mass is 127. The van der Waals surface area contributed by atoms with Crippen LogP contribution in [0, 0.1) is 19.7 Å². The van der Waals surface area contributed by atoms with E-state index in [1.807, 2.05) is 19.9 Å². The van der Waals surface area contributed by atoms with Crippen LogP contribution in [0.1, 0.15) is 16.8 Å². The fourth-order valence-corrected chi connectivity index (χ4v) is 2.29. The van der Waals surface area contributed by atoms with E-state index < -0.39 is 5.82 Å². The number of hydrogen-bond donors (Lipinski definition) is 2. The largest absolute Gasteiger partial charge is 0.494 e. The van der Waals surface area contributed by atoms with E-state index in [0.29, 0.717) is 18.1 Å². The predicted molar refractivity (Wildman–Crippen MR) is 108 cm³/mol. The van der Waals surface area contributed by atoms with E-state index in [9.17, 15) is 4.39 Å². The Morgan fingerprint density at radius 2 is 1.96 bits per heavy atom. The minimum Gasteiger partial charge on any atom is -0.494 e. The minimum absolute atomic E-state index is 0. The zero-order valence-electron chi connectivity index (χ0n) is 14.6. The van der Waals surface area contributed by atoms with Crippen LogP contribution in [-0.4, -0.2) is 25.2 Å². The van der Waals surface area contributed by atoms with Crippen LogP contribution < -0.4 is 20.5 Å². The van der Waals surface area contributed by atoms with Gasteiger partial charge in [-0.1, -0.05) is 0 Å². The molecular formula is C17H22FIN4O2. The molecule has 0 saturated heterocycles. The van der Waals surface area contributed by atoms with Gasteiger partial charge in [0.25, 0.3) is 0 Å². The zero-order chi connectivity index (χ0) is 17.7. The maximum atomic E-state index is 13.7.